The van der Waals surface area contributed by atoms with Crippen LogP contribution < -0.4 is 10.8 Å². The van der Waals surface area contributed by atoms with Crippen LogP contribution in [-0.4, -0.2) is 58.9 Å². The predicted octanol–water partition coefficient (Wildman–Crippen LogP) is 1.82. The van der Waals surface area contributed by atoms with Crippen molar-refractivity contribution in [3.05, 3.63) is 45.5 Å². The normalized spacial score (nSPS) is 27.5. The van der Waals surface area contributed by atoms with Crippen LogP contribution in [0, 0.1) is 28.4 Å². The number of likely N-dealkylation sites (tertiary alicyclic amines) is 1. The Kier molecular flexibility index (Phi) is 5.67. The Labute approximate surface area is 180 Å². The maximum atomic E-state index is 13.5. The third kappa shape index (κ3) is 4.13. The highest BCUT2D eigenvalue weighted by Crippen LogP contribution is 2.54. The minimum atomic E-state index is -0.604. The minimum absolute atomic E-state index is 0.0408. The third-order valence-corrected chi connectivity index (χ3v) is 7.04. The van der Waals surface area contributed by atoms with Crippen molar-refractivity contribution in [2.75, 3.05) is 20.1 Å². The third-order valence-electron chi connectivity index (χ3n) is 7.04. The summed E-state index contributed by atoms with van der Waals surface area (Å²) in [5.74, 6) is -1.15. The molecule has 1 aromatic rings. The van der Waals surface area contributed by atoms with Crippen LogP contribution in [0.4, 0.5) is 5.69 Å². The van der Waals surface area contributed by atoms with Gasteiger partial charge in [0, 0.05) is 25.2 Å². The summed E-state index contributed by atoms with van der Waals surface area (Å²) in [6.07, 6.45) is 5.14. The van der Waals surface area contributed by atoms with Gasteiger partial charge in [0.15, 0.2) is 5.78 Å². The minimum Gasteiger partial charge on any atom is -0.304 e. The second-order valence-corrected chi connectivity index (χ2v) is 9.20. The fraction of sp³-hybridized carbons (Fsp3) is 0.545. The molecule has 0 radical (unpaired) electrons. The van der Waals surface area contributed by atoms with Gasteiger partial charge in [-0.3, -0.25) is 29.8 Å². The zero-order chi connectivity index (χ0) is 22.3. The highest BCUT2D eigenvalue weighted by atomic mass is 16.6. The molecule has 0 aromatic heterocycles. The summed E-state index contributed by atoms with van der Waals surface area (Å²) in [6, 6.07) is 3.68. The van der Waals surface area contributed by atoms with E-state index < -0.39 is 28.8 Å². The number of ketones is 1. The zero-order valence-corrected chi connectivity index (χ0v) is 17.8. The summed E-state index contributed by atoms with van der Waals surface area (Å²) in [6.45, 7) is 3.10. The van der Waals surface area contributed by atoms with Crippen molar-refractivity contribution in [2.24, 2.45) is 11.3 Å². The SMILES string of the molecule is Cc1cc([N+](=O)[O-])ccc1C1=CCNC(C(=O)C2C(C(=O)NO)CC3(CC3)CN2C)C1. The summed E-state index contributed by atoms with van der Waals surface area (Å²) >= 11 is 0. The van der Waals surface area contributed by atoms with Gasteiger partial charge in [-0.15, -0.1) is 0 Å². The van der Waals surface area contributed by atoms with Gasteiger partial charge in [0.05, 0.1) is 22.9 Å². The quantitative estimate of drug-likeness (QED) is 0.371. The number of nitro benzene ring substituents is 1. The number of hydrogen-bond donors (Lipinski definition) is 3. The topological polar surface area (TPSA) is 125 Å². The molecule has 2 heterocycles. The molecule has 1 saturated heterocycles. The Morgan fingerprint density at radius 1 is 1.35 bits per heavy atom. The summed E-state index contributed by atoms with van der Waals surface area (Å²) in [5, 5.41) is 23.5. The molecule has 31 heavy (non-hydrogen) atoms. The van der Waals surface area contributed by atoms with E-state index in [0.717, 1.165) is 36.1 Å². The molecule has 0 bridgehead atoms. The van der Waals surface area contributed by atoms with Crippen LogP contribution in [0.2, 0.25) is 0 Å². The van der Waals surface area contributed by atoms with Gasteiger partial charge in [-0.05, 0) is 67.8 Å². The van der Waals surface area contributed by atoms with E-state index >= 15 is 0 Å². The first-order valence-corrected chi connectivity index (χ1v) is 10.6. The van der Waals surface area contributed by atoms with Crippen LogP contribution in [0.5, 0.6) is 0 Å². The lowest BCUT2D eigenvalue weighted by atomic mass is 9.76. The lowest BCUT2D eigenvalue weighted by Gasteiger charge is -2.43. The number of rotatable bonds is 5. The van der Waals surface area contributed by atoms with Crippen LogP contribution in [0.15, 0.2) is 24.3 Å². The molecule has 166 valence electrons. The van der Waals surface area contributed by atoms with Crippen LogP contribution in [0.25, 0.3) is 5.57 Å². The number of likely N-dealkylation sites (N-methyl/N-ethyl adjacent to an activating group) is 1. The van der Waals surface area contributed by atoms with Crippen molar-refractivity contribution >= 4 is 23.0 Å². The standard InChI is InChI=1S/C22H28N4O5/c1-13-9-15(26(30)31)3-4-16(13)14-5-8-23-18(10-14)20(27)19-17(21(28)24-29)11-22(6-7-22)12-25(19)2/h3-5,9,17-19,23,29H,6-8,10-12H2,1-2H3,(H,24,28). The number of hydrogen-bond acceptors (Lipinski definition) is 7. The van der Waals surface area contributed by atoms with Gasteiger partial charge in [-0.25, -0.2) is 5.48 Å². The lowest BCUT2D eigenvalue weighted by Crippen LogP contribution is -2.60. The molecule has 3 unspecified atom stereocenters. The average Bonchev–Trinajstić information content (AvgIpc) is 3.50. The smallest absolute Gasteiger partial charge is 0.269 e. The molecule has 2 fully saturated rings. The molecular formula is C22H28N4O5. The Bertz CT molecular complexity index is 955. The van der Waals surface area contributed by atoms with E-state index in [4.69, 9.17) is 0 Å². The molecule has 3 N–H and O–H groups in total. The monoisotopic (exact) mass is 428 g/mol. The molecule has 1 spiro atoms. The number of aryl methyl sites for hydroxylation is 1. The van der Waals surface area contributed by atoms with Gasteiger partial charge in [0.1, 0.15) is 0 Å². The van der Waals surface area contributed by atoms with Crippen molar-refractivity contribution in [3.8, 4) is 0 Å². The summed E-state index contributed by atoms with van der Waals surface area (Å²) in [4.78, 5) is 38.5. The van der Waals surface area contributed by atoms with Gasteiger partial charge < -0.3 is 5.32 Å². The molecular weight excluding hydrogens is 400 g/mol. The number of piperidine rings is 1. The Hall–Kier alpha value is -2.62. The highest BCUT2D eigenvalue weighted by molar-refractivity contribution is 5.96. The Balaban J connectivity index is 1.54. The molecule has 3 aliphatic rings. The van der Waals surface area contributed by atoms with Crippen molar-refractivity contribution in [1.82, 2.24) is 15.7 Å². The van der Waals surface area contributed by atoms with E-state index in [1.54, 1.807) is 17.6 Å². The lowest BCUT2D eigenvalue weighted by molar-refractivity contribution is -0.384. The van der Waals surface area contributed by atoms with Gasteiger partial charge in [0.25, 0.3) is 5.69 Å². The number of amides is 1. The number of carbonyl (C=O) groups is 2. The molecule has 1 aliphatic carbocycles. The number of carbonyl (C=O) groups excluding carboxylic acids is 2. The van der Waals surface area contributed by atoms with Crippen LogP contribution in [-0.2, 0) is 9.59 Å². The molecule has 9 heteroatoms. The molecule has 1 aromatic carbocycles. The number of hydroxylamine groups is 1. The first-order valence-electron chi connectivity index (χ1n) is 10.6. The van der Waals surface area contributed by atoms with Crippen molar-refractivity contribution < 1.29 is 19.7 Å². The number of non-ortho nitro benzene ring substituents is 1. The number of nitro groups is 1. The van der Waals surface area contributed by atoms with Crippen molar-refractivity contribution in [3.63, 3.8) is 0 Å². The molecule has 1 saturated carbocycles. The number of benzene rings is 1. The maximum absolute atomic E-state index is 13.5. The van der Waals surface area contributed by atoms with Crippen LogP contribution in [0.1, 0.15) is 36.8 Å². The van der Waals surface area contributed by atoms with Crippen molar-refractivity contribution in [1.29, 1.82) is 0 Å². The second kappa shape index (κ2) is 8.14. The molecule has 1 amide bonds. The van der Waals surface area contributed by atoms with E-state index in [1.807, 2.05) is 24.9 Å². The fourth-order valence-electron chi connectivity index (χ4n) is 5.30. The largest absolute Gasteiger partial charge is 0.304 e. The summed E-state index contributed by atoms with van der Waals surface area (Å²) in [5.41, 5.74) is 4.53. The number of Topliss-reactive ketones (excluding diaryl/α,β-unsaturated/α-hetero) is 1. The van der Waals surface area contributed by atoms with Crippen LogP contribution >= 0.6 is 0 Å². The first-order chi connectivity index (χ1) is 14.7. The fourth-order valence-corrected chi connectivity index (χ4v) is 5.30. The van der Waals surface area contributed by atoms with Crippen molar-refractivity contribution in [2.45, 2.75) is 44.7 Å². The first kappa shape index (κ1) is 21.6. The van der Waals surface area contributed by atoms with E-state index in [9.17, 15) is 24.9 Å². The molecule has 4 rings (SSSR count). The molecule has 9 nitrogen and oxygen atoms in total. The van der Waals surface area contributed by atoms with Crippen LogP contribution in [0.3, 0.4) is 0 Å². The van der Waals surface area contributed by atoms with E-state index in [0.29, 0.717) is 19.4 Å². The average molecular weight is 428 g/mol. The summed E-state index contributed by atoms with van der Waals surface area (Å²) in [7, 11) is 1.87. The second-order valence-electron chi connectivity index (χ2n) is 9.20. The Morgan fingerprint density at radius 2 is 2.10 bits per heavy atom. The van der Waals surface area contributed by atoms with Gasteiger partial charge in [-0.2, -0.15) is 0 Å². The number of nitrogens with one attached hydrogen (secondary N) is 2. The zero-order valence-electron chi connectivity index (χ0n) is 17.8. The number of nitrogens with zero attached hydrogens (tertiary/aromatic N) is 2. The summed E-state index contributed by atoms with van der Waals surface area (Å²) < 4.78 is 0. The van der Waals surface area contributed by atoms with Gasteiger partial charge in [0.2, 0.25) is 5.91 Å². The molecule has 2 aliphatic heterocycles. The molecule has 3 atom stereocenters. The van der Waals surface area contributed by atoms with Gasteiger partial charge >= 0.3 is 0 Å². The van der Waals surface area contributed by atoms with Gasteiger partial charge in [-0.1, -0.05) is 6.08 Å². The highest BCUT2D eigenvalue weighted by Gasteiger charge is 2.55. The Morgan fingerprint density at radius 3 is 2.71 bits per heavy atom. The van der Waals surface area contributed by atoms with E-state index in [1.165, 1.54) is 6.07 Å². The predicted molar refractivity (Wildman–Crippen MR) is 113 cm³/mol. The maximum Gasteiger partial charge on any atom is 0.269 e. The van der Waals surface area contributed by atoms with E-state index in [2.05, 4.69) is 5.32 Å². The van der Waals surface area contributed by atoms with E-state index in [-0.39, 0.29) is 16.9 Å².